The molecule has 1 unspecified atom stereocenters. The third kappa shape index (κ3) is 2.23. The fourth-order valence-corrected chi connectivity index (χ4v) is 1.98. The second-order valence-electron chi connectivity index (χ2n) is 4.06. The van der Waals surface area contributed by atoms with Gasteiger partial charge in [0.15, 0.2) is 0 Å². The highest BCUT2D eigenvalue weighted by atomic mass is 16.3. The van der Waals surface area contributed by atoms with Crippen LogP contribution in [0.25, 0.3) is 0 Å². The van der Waals surface area contributed by atoms with Crippen LogP contribution in [0.3, 0.4) is 0 Å². The van der Waals surface area contributed by atoms with E-state index >= 15 is 0 Å². The van der Waals surface area contributed by atoms with Gasteiger partial charge in [-0.2, -0.15) is 0 Å². The number of carbonyl (C=O) groups is 1. The van der Waals surface area contributed by atoms with Crippen LogP contribution < -0.4 is 0 Å². The van der Waals surface area contributed by atoms with Gasteiger partial charge in [0.1, 0.15) is 0 Å². The Hall–Kier alpha value is -1.39. The molecule has 1 atom stereocenters. The predicted molar refractivity (Wildman–Crippen MR) is 58.4 cm³/mol. The molecule has 0 saturated carbocycles. The first-order valence-corrected chi connectivity index (χ1v) is 5.34. The quantitative estimate of drug-likeness (QED) is 0.770. The molecule has 1 aromatic rings. The van der Waals surface area contributed by atoms with Crippen molar-refractivity contribution in [1.82, 2.24) is 4.90 Å². The Morgan fingerprint density at radius 1 is 1.31 bits per heavy atom. The molecule has 1 aliphatic rings. The van der Waals surface area contributed by atoms with E-state index in [1.807, 2.05) is 24.3 Å². The molecule has 1 saturated heterocycles. The SMILES string of the molecule is O=C1CC(O)CN1Cc1ccccc1CO. The Bertz CT molecular complexity index is 392. The molecule has 86 valence electrons. The van der Waals surface area contributed by atoms with Crippen molar-refractivity contribution in [1.29, 1.82) is 0 Å². The Labute approximate surface area is 94.1 Å². The van der Waals surface area contributed by atoms with Gasteiger partial charge in [0, 0.05) is 13.1 Å². The van der Waals surface area contributed by atoms with Gasteiger partial charge in [-0.25, -0.2) is 0 Å². The molecular formula is C12H15NO3. The summed E-state index contributed by atoms with van der Waals surface area (Å²) in [6.07, 6.45) is -0.338. The van der Waals surface area contributed by atoms with Crippen LogP contribution in [0.15, 0.2) is 24.3 Å². The Morgan fingerprint density at radius 2 is 2.00 bits per heavy atom. The lowest BCUT2D eigenvalue weighted by Crippen LogP contribution is -2.25. The third-order valence-corrected chi connectivity index (χ3v) is 2.84. The highest BCUT2D eigenvalue weighted by molar-refractivity contribution is 5.79. The van der Waals surface area contributed by atoms with Crippen molar-refractivity contribution >= 4 is 5.91 Å². The minimum atomic E-state index is -0.547. The summed E-state index contributed by atoms with van der Waals surface area (Å²) in [5, 5.41) is 18.5. The van der Waals surface area contributed by atoms with Crippen LogP contribution >= 0.6 is 0 Å². The number of hydrogen-bond donors (Lipinski definition) is 2. The van der Waals surface area contributed by atoms with Gasteiger partial charge in [0.05, 0.1) is 19.1 Å². The van der Waals surface area contributed by atoms with Crippen LogP contribution in [0, 0.1) is 0 Å². The van der Waals surface area contributed by atoms with E-state index in [2.05, 4.69) is 0 Å². The lowest BCUT2D eigenvalue weighted by molar-refractivity contribution is -0.128. The lowest BCUT2D eigenvalue weighted by atomic mass is 10.1. The van der Waals surface area contributed by atoms with Crippen molar-refractivity contribution in [2.45, 2.75) is 25.7 Å². The number of aliphatic hydroxyl groups excluding tert-OH is 2. The van der Waals surface area contributed by atoms with Gasteiger partial charge in [-0.05, 0) is 11.1 Å². The highest BCUT2D eigenvalue weighted by Crippen LogP contribution is 2.17. The van der Waals surface area contributed by atoms with Crippen LogP contribution in [-0.4, -0.2) is 33.7 Å². The molecule has 0 aromatic heterocycles. The minimum absolute atomic E-state index is 0.0270. The van der Waals surface area contributed by atoms with Crippen LogP contribution in [0.4, 0.5) is 0 Å². The van der Waals surface area contributed by atoms with E-state index in [1.165, 1.54) is 0 Å². The number of carbonyl (C=O) groups excluding carboxylic acids is 1. The van der Waals surface area contributed by atoms with Crippen LogP contribution in [-0.2, 0) is 17.9 Å². The largest absolute Gasteiger partial charge is 0.392 e. The molecule has 4 heteroatoms. The standard InChI is InChI=1S/C12H15NO3/c14-8-10-4-2-1-3-9(10)6-13-7-11(15)5-12(13)16/h1-4,11,14-15H,5-8H2. The summed E-state index contributed by atoms with van der Waals surface area (Å²) < 4.78 is 0. The second-order valence-corrected chi connectivity index (χ2v) is 4.06. The number of aliphatic hydroxyl groups is 2. The molecule has 1 aliphatic heterocycles. The fraction of sp³-hybridized carbons (Fsp3) is 0.417. The van der Waals surface area contributed by atoms with E-state index in [-0.39, 0.29) is 18.9 Å². The minimum Gasteiger partial charge on any atom is -0.392 e. The molecule has 16 heavy (non-hydrogen) atoms. The maximum absolute atomic E-state index is 11.5. The molecule has 1 fully saturated rings. The first-order chi connectivity index (χ1) is 7.70. The van der Waals surface area contributed by atoms with E-state index < -0.39 is 6.10 Å². The zero-order valence-electron chi connectivity index (χ0n) is 8.97. The molecule has 0 radical (unpaired) electrons. The van der Waals surface area contributed by atoms with E-state index in [0.29, 0.717) is 13.1 Å². The lowest BCUT2D eigenvalue weighted by Gasteiger charge is -2.17. The Morgan fingerprint density at radius 3 is 2.56 bits per heavy atom. The van der Waals surface area contributed by atoms with E-state index in [9.17, 15) is 9.90 Å². The summed E-state index contributed by atoms with van der Waals surface area (Å²) in [7, 11) is 0. The molecule has 0 spiro atoms. The number of hydrogen-bond acceptors (Lipinski definition) is 3. The third-order valence-electron chi connectivity index (χ3n) is 2.84. The second kappa shape index (κ2) is 4.63. The normalized spacial score (nSPS) is 20.5. The van der Waals surface area contributed by atoms with Crippen LogP contribution in [0.1, 0.15) is 17.5 Å². The average Bonchev–Trinajstić information content (AvgIpc) is 2.58. The summed E-state index contributed by atoms with van der Waals surface area (Å²) in [6.45, 7) is 0.825. The van der Waals surface area contributed by atoms with Crippen molar-refractivity contribution < 1.29 is 15.0 Å². The molecule has 1 amide bonds. The van der Waals surface area contributed by atoms with Crippen molar-refractivity contribution in [3.63, 3.8) is 0 Å². The predicted octanol–water partition coefficient (Wildman–Crippen LogP) is 0.272. The number of amides is 1. The molecule has 4 nitrogen and oxygen atoms in total. The maximum atomic E-state index is 11.5. The first kappa shape index (κ1) is 11.1. The van der Waals surface area contributed by atoms with Gasteiger partial charge >= 0.3 is 0 Å². The Balaban J connectivity index is 2.12. The molecule has 1 heterocycles. The number of likely N-dealkylation sites (tertiary alicyclic amines) is 1. The van der Waals surface area contributed by atoms with Gasteiger partial charge in [-0.15, -0.1) is 0 Å². The van der Waals surface area contributed by atoms with Crippen molar-refractivity contribution in [2.24, 2.45) is 0 Å². The smallest absolute Gasteiger partial charge is 0.225 e. The Kier molecular flexibility index (Phi) is 3.22. The molecule has 1 aromatic carbocycles. The summed E-state index contributed by atoms with van der Waals surface area (Å²) in [4.78, 5) is 13.1. The van der Waals surface area contributed by atoms with Crippen LogP contribution in [0.2, 0.25) is 0 Å². The van der Waals surface area contributed by atoms with Gasteiger partial charge < -0.3 is 15.1 Å². The zero-order valence-corrected chi connectivity index (χ0v) is 8.97. The van der Waals surface area contributed by atoms with Crippen LogP contribution in [0.5, 0.6) is 0 Å². The summed E-state index contributed by atoms with van der Waals surface area (Å²) >= 11 is 0. The summed E-state index contributed by atoms with van der Waals surface area (Å²) in [6, 6.07) is 7.47. The highest BCUT2D eigenvalue weighted by Gasteiger charge is 2.27. The van der Waals surface area contributed by atoms with Crippen molar-refractivity contribution in [3.8, 4) is 0 Å². The fourth-order valence-electron chi connectivity index (χ4n) is 1.98. The van der Waals surface area contributed by atoms with Gasteiger partial charge in [0.25, 0.3) is 0 Å². The average molecular weight is 221 g/mol. The van der Waals surface area contributed by atoms with Crippen molar-refractivity contribution in [2.75, 3.05) is 6.54 Å². The monoisotopic (exact) mass is 221 g/mol. The number of β-amino-alcohol motifs (C(OH)–C–C–N with tert-alkyl or cyclic N) is 1. The molecular weight excluding hydrogens is 206 g/mol. The molecule has 0 bridgehead atoms. The van der Waals surface area contributed by atoms with E-state index in [0.717, 1.165) is 11.1 Å². The first-order valence-electron chi connectivity index (χ1n) is 5.34. The van der Waals surface area contributed by atoms with E-state index in [1.54, 1.807) is 4.90 Å². The van der Waals surface area contributed by atoms with Gasteiger partial charge in [0.2, 0.25) is 5.91 Å². The topological polar surface area (TPSA) is 60.8 Å². The van der Waals surface area contributed by atoms with Crippen molar-refractivity contribution in [3.05, 3.63) is 35.4 Å². The summed E-state index contributed by atoms with van der Waals surface area (Å²) in [5.74, 6) is -0.0276. The van der Waals surface area contributed by atoms with Gasteiger partial charge in [-0.3, -0.25) is 4.79 Å². The zero-order chi connectivity index (χ0) is 11.5. The number of nitrogens with zero attached hydrogens (tertiary/aromatic N) is 1. The molecule has 2 rings (SSSR count). The summed E-state index contributed by atoms with van der Waals surface area (Å²) in [5.41, 5.74) is 1.77. The number of rotatable bonds is 3. The molecule has 0 aliphatic carbocycles. The number of benzene rings is 1. The molecule has 2 N–H and O–H groups in total. The van der Waals surface area contributed by atoms with E-state index in [4.69, 9.17) is 5.11 Å². The maximum Gasteiger partial charge on any atom is 0.225 e. The van der Waals surface area contributed by atoms with Gasteiger partial charge in [-0.1, -0.05) is 24.3 Å².